The fourth-order valence-electron chi connectivity index (χ4n) is 1.83. The van der Waals surface area contributed by atoms with E-state index in [0.717, 1.165) is 9.79 Å². The molecule has 0 N–H and O–H groups in total. The molecule has 2 aromatic carbocycles. The van der Waals surface area contributed by atoms with E-state index in [1.54, 1.807) is 11.8 Å². The Bertz CT molecular complexity index is 629. The zero-order valence-corrected chi connectivity index (χ0v) is 14.2. The molecule has 0 saturated carbocycles. The maximum atomic E-state index is 13.0. The first kappa shape index (κ1) is 16.1. The summed E-state index contributed by atoms with van der Waals surface area (Å²) in [6.45, 7) is 6.24. The standard InChI is InChI=1S/C18H20OS2/c1-14(2)15(3)18(20-16-10-6-4-7-11-16)21(19)17-12-8-5-9-13-17/h4-13,18H,1-3H3. The Labute approximate surface area is 133 Å². The Morgan fingerprint density at radius 1 is 0.905 bits per heavy atom. The Hall–Kier alpha value is -1.32. The third kappa shape index (κ3) is 4.32. The molecule has 0 aliphatic carbocycles. The van der Waals surface area contributed by atoms with Gasteiger partial charge in [0.1, 0.15) is 4.58 Å². The van der Waals surface area contributed by atoms with Crippen LogP contribution in [0.15, 0.2) is 81.6 Å². The molecule has 0 aliphatic rings. The molecule has 0 bridgehead atoms. The smallest absolute Gasteiger partial charge is 0.110 e. The Balaban J connectivity index is 2.33. The van der Waals surface area contributed by atoms with Gasteiger partial charge in [-0.15, -0.1) is 11.8 Å². The third-order valence-corrected chi connectivity index (χ3v) is 6.70. The van der Waals surface area contributed by atoms with Gasteiger partial charge in [0.25, 0.3) is 0 Å². The van der Waals surface area contributed by atoms with Gasteiger partial charge in [0.05, 0.1) is 10.8 Å². The molecule has 0 amide bonds. The van der Waals surface area contributed by atoms with Crippen molar-refractivity contribution in [2.75, 3.05) is 0 Å². The van der Waals surface area contributed by atoms with Gasteiger partial charge in [0.15, 0.2) is 0 Å². The van der Waals surface area contributed by atoms with Crippen LogP contribution in [0.4, 0.5) is 0 Å². The van der Waals surface area contributed by atoms with Crippen molar-refractivity contribution in [1.29, 1.82) is 0 Å². The van der Waals surface area contributed by atoms with Crippen LogP contribution in [-0.2, 0) is 10.8 Å². The van der Waals surface area contributed by atoms with Crippen LogP contribution < -0.4 is 0 Å². The summed E-state index contributed by atoms with van der Waals surface area (Å²) in [5.74, 6) is 0. The largest absolute Gasteiger partial charge is 0.253 e. The third-order valence-electron chi connectivity index (χ3n) is 3.30. The summed E-state index contributed by atoms with van der Waals surface area (Å²) in [6.07, 6.45) is 0. The molecule has 1 nitrogen and oxygen atoms in total. The second-order valence-electron chi connectivity index (χ2n) is 5.06. The lowest BCUT2D eigenvalue weighted by Gasteiger charge is -2.19. The van der Waals surface area contributed by atoms with E-state index >= 15 is 0 Å². The van der Waals surface area contributed by atoms with E-state index in [1.807, 2.05) is 48.5 Å². The molecule has 0 fully saturated rings. The SMILES string of the molecule is CC(C)=C(C)C(Sc1ccccc1)S(=O)c1ccccc1. The predicted molar refractivity (Wildman–Crippen MR) is 93.0 cm³/mol. The first-order chi connectivity index (χ1) is 10.1. The number of allylic oxidation sites excluding steroid dienone is 1. The predicted octanol–water partition coefficient (Wildman–Crippen LogP) is 5.27. The molecule has 2 rings (SSSR count). The monoisotopic (exact) mass is 316 g/mol. The molecule has 0 aromatic heterocycles. The van der Waals surface area contributed by atoms with E-state index in [2.05, 4.69) is 32.9 Å². The minimum Gasteiger partial charge on any atom is -0.253 e. The van der Waals surface area contributed by atoms with Gasteiger partial charge in [-0.2, -0.15) is 0 Å². The van der Waals surface area contributed by atoms with E-state index in [9.17, 15) is 4.21 Å². The quantitative estimate of drug-likeness (QED) is 0.552. The minimum atomic E-state index is -1.07. The van der Waals surface area contributed by atoms with Crippen LogP contribution in [0.3, 0.4) is 0 Å². The summed E-state index contributed by atoms with van der Waals surface area (Å²) in [7, 11) is -1.07. The van der Waals surface area contributed by atoms with Gasteiger partial charge in [0.2, 0.25) is 0 Å². The van der Waals surface area contributed by atoms with Crippen molar-refractivity contribution in [3.05, 3.63) is 71.8 Å². The maximum absolute atomic E-state index is 13.0. The Morgan fingerprint density at radius 2 is 1.43 bits per heavy atom. The lowest BCUT2D eigenvalue weighted by Crippen LogP contribution is -2.14. The van der Waals surface area contributed by atoms with Crippen LogP contribution in [0, 0.1) is 0 Å². The topological polar surface area (TPSA) is 17.1 Å². The second-order valence-corrected chi connectivity index (χ2v) is 8.07. The number of hydrogen-bond donors (Lipinski definition) is 0. The van der Waals surface area contributed by atoms with Crippen LogP contribution in [0.5, 0.6) is 0 Å². The fourth-order valence-corrected chi connectivity index (χ4v) is 5.05. The first-order valence-electron chi connectivity index (χ1n) is 6.91. The fraction of sp³-hybridized carbons (Fsp3) is 0.222. The highest BCUT2D eigenvalue weighted by molar-refractivity contribution is 8.11. The van der Waals surface area contributed by atoms with Gasteiger partial charge in [0, 0.05) is 9.79 Å². The van der Waals surface area contributed by atoms with Crippen LogP contribution in [0.25, 0.3) is 0 Å². The van der Waals surface area contributed by atoms with E-state index < -0.39 is 10.8 Å². The summed E-state index contributed by atoms with van der Waals surface area (Å²) >= 11 is 1.67. The Kier molecular flexibility index (Phi) is 5.83. The molecule has 0 spiro atoms. The lowest BCUT2D eigenvalue weighted by atomic mass is 10.2. The summed E-state index contributed by atoms with van der Waals surface area (Å²) in [6, 6.07) is 19.9. The summed E-state index contributed by atoms with van der Waals surface area (Å²) in [5.41, 5.74) is 2.42. The molecule has 21 heavy (non-hydrogen) atoms. The highest BCUT2D eigenvalue weighted by Crippen LogP contribution is 2.34. The molecular weight excluding hydrogens is 296 g/mol. The zero-order chi connectivity index (χ0) is 15.2. The molecule has 0 radical (unpaired) electrons. The van der Waals surface area contributed by atoms with Crippen molar-refractivity contribution in [2.45, 2.75) is 35.1 Å². The van der Waals surface area contributed by atoms with E-state index in [4.69, 9.17) is 0 Å². The van der Waals surface area contributed by atoms with Crippen molar-refractivity contribution in [3.8, 4) is 0 Å². The molecule has 2 unspecified atom stereocenters. The average Bonchev–Trinajstić information content (AvgIpc) is 2.53. The van der Waals surface area contributed by atoms with Gasteiger partial charge in [-0.05, 0) is 50.6 Å². The van der Waals surface area contributed by atoms with Crippen LogP contribution in [-0.4, -0.2) is 8.79 Å². The van der Waals surface area contributed by atoms with Crippen molar-refractivity contribution < 1.29 is 4.21 Å². The average molecular weight is 316 g/mol. The van der Waals surface area contributed by atoms with Crippen LogP contribution >= 0.6 is 11.8 Å². The van der Waals surface area contributed by atoms with Gasteiger partial charge in [-0.3, -0.25) is 4.21 Å². The summed E-state index contributed by atoms with van der Waals surface area (Å²) in [4.78, 5) is 2.03. The van der Waals surface area contributed by atoms with Gasteiger partial charge < -0.3 is 0 Å². The Morgan fingerprint density at radius 3 is 1.95 bits per heavy atom. The zero-order valence-electron chi connectivity index (χ0n) is 12.6. The number of hydrogen-bond acceptors (Lipinski definition) is 2. The summed E-state index contributed by atoms with van der Waals surface area (Å²) in [5, 5.41) is 0. The van der Waals surface area contributed by atoms with E-state index in [1.165, 1.54) is 11.1 Å². The first-order valence-corrected chi connectivity index (χ1v) is 9.00. The number of benzene rings is 2. The molecule has 0 heterocycles. The van der Waals surface area contributed by atoms with Crippen LogP contribution in [0.2, 0.25) is 0 Å². The van der Waals surface area contributed by atoms with Gasteiger partial charge in [-0.1, -0.05) is 42.0 Å². The van der Waals surface area contributed by atoms with Gasteiger partial charge >= 0.3 is 0 Å². The van der Waals surface area contributed by atoms with Crippen molar-refractivity contribution >= 4 is 22.6 Å². The molecule has 2 aromatic rings. The normalized spacial score (nSPS) is 13.5. The highest BCUT2D eigenvalue weighted by Gasteiger charge is 2.22. The maximum Gasteiger partial charge on any atom is 0.110 e. The molecule has 0 saturated heterocycles. The molecule has 110 valence electrons. The van der Waals surface area contributed by atoms with Gasteiger partial charge in [-0.25, -0.2) is 0 Å². The number of rotatable bonds is 5. The molecular formula is C18H20OS2. The second kappa shape index (κ2) is 7.62. The van der Waals surface area contributed by atoms with Crippen LogP contribution in [0.1, 0.15) is 20.8 Å². The minimum absolute atomic E-state index is 0.0557. The molecule has 0 aliphatic heterocycles. The summed E-state index contributed by atoms with van der Waals surface area (Å²) < 4.78 is 12.9. The van der Waals surface area contributed by atoms with Crippen molar-refractivity contribution in [3.63, 3.8) is 0 Å². The number of thioether (sulfide) groups is 1. The van der Waals surface area contributed by atoms with Crippen molar-refractivity contribution in [2.24, 2.45) is 0 Å². The van der Waals surface area contributed by atoms with E-state index in [-0.39, 0.29) is 4.58 Å². The molecule has 2 atom stereocenters. The highest BCUT2D eigenvalue weighted by atomic mass is 32.2. The van der Waals surface area contributed by atoms with E-state index in [0.29, 0.717) is 0 Å². The lowest BCUT2D eigenvalue weighted by molar-refractivity contribution is 0.683. The molecule has 3 heteroatoms. The van der Waals surface area contributed by atoms with Crippen molar-refractivity contribution in [1.82, 2.24) is 0 Å².